The number of hydrogen-bond donors (Lipinski definition) is 1. The fourth-order valence-corrected chi connectivity index (χ4v) is 1.18. The molecule has 0 rings (SSSR count). The molecule has 0 aliphatic rings. The highest BCUT2D eigenvalue weighted by Crippen LogP contribution is 2.23. The molecule has 1 nitrogen and oxygen atoms in total. The molecule has 0 bridgehead atoms. The summed E-state index contributed by atoms with van der Waals surface area (Å²) in [6, 6.07) is 0. The summed E-state index contributed by atoms with van der Waals surface area (Å²) in [6.07, 6.45) is 1.37. The predicted octanol–water partition coefficient (Wildman–Crippen LogP) is 2.75. The van der Waals surface area contributed by atoms with Gasteiger partial charge >= 0.3 is 0 Å². The summed E-state index contributed by atoms with van der Waals surface area (Å²) in [6.45, 7) is 12.1. The van der Waals surface area contributed by atoms with Crippen molar-refractivity contribution in [2.45, 2.75) is 46.6 Å². The molecule has 66 valence electrons. The van der Waals surface area contributed by atoms with Crippen LogP contribution < -0.4 is 0 Å². The molecule has 0 spiro atoms. The normalized spacial score (nSPS) is 14.6. The lowest BCUT2D eigenvalue weighted by Crippen LogP contribution is -2.17. The van der Waals surface area contributed by atoms with Crippen molar-refractivity contribution < 1.29 is 5.11 Å². The molecule has 0 heterocycles. The van der Waals surface area contributed by atoms with Gasteiger partial charge in [0.1, 0.15) is 0 Å². The van der Waals surface area contributed by atoms with Gasteiger partial charge in [-0.1, -0.05) is 26.3 Å². The third-order valence-corrected chi connectivity index (χ3v) is 1.43. The van der Waals surface area contributed by atoms with Gasteiger partial charge in [0.25, 0.3) is 0 Å². The van der Waals surface area contributed by atoms with E-state index in [1.807, 2.05) is 6.92 Å². The first-order chi connectivity index (χ1) is 4.81. The molecule has 0 aromatic carbocycles. The molecule has 1 unspecified atom stereocenters. The number of aliphatic hydroxyl groups is 1. The zero-order valence-electron chi connectivity index (χ0n) is 8.15. The molecule has 0 aromatic rings. The lowest BCUT2D eigenvalue weighted by atomic mass is 9.87. The first-order valence-electron chi connectivity index (χ1n) is 4.14. The average molecular weight is 156 g/mol. The van der Waals surface area contributed by atoms with Gasteiger partial charge in [0, 0.05) is 0 Å². The SMILES string of the molecule is C=C(C)CC(O)CC(C)(C)C. The molecule has 11 heavy (non-hydrogen) atoms. The van der Waals surface area contributed by atoms with Crippen molar-refractivity contribution in [3.8, 4) is 0 Å². The Bertz CT molecular complexity index is 130. The van der Waals surface area contributed by atoms with Crippen molar-refractivity contribution in [2.75, 3.05) is 0 Å². The van der Waals surface area contributed by atoms with Crippen LogP contribution >= 0.6 is 0 Å². The van der Waals surface area contributed by atoms with Crippen LogP contribution in [0.15, 0.2) is 12.2 Å². The lowest BCUT2D eigenvalue weighted by molar-refractivity contribution is 0.121. The van der Waals surface area contributed by atoms with Gasteiger partial charge in [0.15, 0.2) is 0 Å². The molecule has 0 fully saturated rings. The van der Waals surface area contributed by atoms with E-state index in [2.05, 4.69) is 27.4 Å². The molecule has 0 saturated carbocycles. The third-order valence-electron chi connectivity index (χ3n) is 1.43. The Labute approximate surface area is 70.1 Å². The van der Waals surface area contributed by atoms with E-state index in [4.69, 9.17) is 0 Å². The summed E-state index contributed by atoms with van der Waals surface area (Å²) in [7, 11) is 0. The van der Waals surface area contributed by atoms with Gasteiger partial charge in [-0.25, -0.2) is 0 Å². The van der Waals surface area contributed by atoms with Crippen LogP contribution in [-0.4, -0.2) is 11.2 Å². The van der Waals surface area contributed by atoms with E-state index in [-0.39, 0.29) is 11.5 Å². The van der Waals surface area contributed by atoms with Crippen molar-refractivity contribution in [1.82, 2.24) is 0 Å². The maximum absolute atomic E-state index is 9.49. The maximum atomic E-state index is 9.49. The van der Waals surface area contributed by atoms with E-state index in [1.165, 1.54) is 0 Å². The number of aliphatic hydroxyl groups excluding tert-OH is 1. The standard InChI is InChI=1S/C10H20O/c1-8(2)6-9(11)7-10(3,4)5/h9,11H,1,6-7H2,2-5H3. The second-order valence-electron chi connectivity index (χ2n) is 4.58. The first kappa shape index (κ1) is 10.7. The van der Waals surface area contributed by atoms with Crippen LogP contribution in [0.25, 0.3) is 0 Å². The quantitative estimate of drug-likeness (QED) is 0.623. The highest BCUT2D eigenvalue weighted by Gasteiger charge is 2.16. The van der Waals surface area contributed by atoms with Gasteiger partial charge in [0.05, 0.1) is 6.10 Å². The lowest BCUT2D eigenvalue weighted by Gasteiger charge is -2.22. The van der Waals surface area contributed by atoms with Gasteiger partial charge in [-0.2, -0.15) is 0 Å². The number of rotatable bonds is 3. The van der Waals surface area contributed by atoms with Crippen LogP contribution in [0.2, 0.25) is 0 Å². The van der Waals surface area contributed by atoms with Gasteiger partial charge < -0.3 is 5.11 Å². The van der Waals surface area contributed by atoms with Crippen LogP contribution in [0.4, 0.5) is 0 Å². The highest BCUT2D eigenvalue weighted by molar-refractivity contribution is 4.91. The monoisotopic (exact) mass is 156 g/mol. The van der Waals surface area contributed by atoms with Crippen LogP contribution in [0.3, 0.4) is 0 Å². The van der Waals surface area contributed by atoms with E-state index in [0.717, 1.165) is 18.4 Å². The minimum absolute atomic E-state index is 0.215. The second-order valence-corrected chi connectivity index (χ2v) is 4.58. The fraction of sp³-hybridized carbons (Fsp3) is 0.800. The zero-order valence-corrected chi connectivity index (χ0v) is 8.15. The summed E-state index contributed by atoms with van der Waals surface area (Å²) in [5, 5.41) is 9.49. The molecule has 0 aromatic heterocycles. The Kier molecular flexibility index (Phi) is 3.81. The molecule has 0 saturated heterocycles. The smallest absolute Gasteiger partial charge is 0.0582 e. The second kappa shape index (κ2) is 3.91. The topological polar surface area (TPSA) is 20.2 Å². The maximum Gasteiger partial charge on any atom is 0.0582 e. The first-order valence-corrected chi connectivity index (χ1v) is 4.14. The summed E-state index contributed by atoms with van der Waals surface area (Å²) < 4.78 is 0. The number of hydrogen-bond acceptors (Lipinski definition) is 1. The molecule has 0 radical (unpaired) electrons. The summed E-state index contributed by atoms with van der Waals surface area (Å²) in [5.74, 6) is 0. The molecular weight excluding hydrogens is 136 g/mol. The van der Waals surface area contributed by atoms with E-state index in [1.54, 1.807) is 0 Å². The van der Waals surface area contributed by atoms with Gasteiger partial charge in [-0.15, -0.1) is 6.58 Å². The van der Waals surface area contributed by atoms with E-state index < -0.39 is 0 Å². The van der Waals surface area contributed by atoms with Crippen molar-refractivity contribution in [1.29, 1.82) is 0 Å². The van der Waals surface area contributed by atoms with Gasteiger partial charge in [-0.05, 0) is 25.2 Å². The van der Waals surface area contributed by atoms with Crippen LogP contribution in [-0.2, 0) is 0 Å². The Hall–Kier alpha value is -0.300. The molecule has 0 aliphatic carbocycles. The van der Waals surface area contributed by atoms with Crippen molar-refractivity contribution in [2.24, 2.45) is 5.41 Å². The molecule has 0 amide bonds. The summed E-state index contributed by atoms with van der Waals surface area (Å²) in [4.78, 5) is 0. The van der Waals surface area contributed by atoms with Crippen LogP contribution in [0.5, 0.6) is 0 Å². The molecular formula is C10H20O. The predicted molar refractivity (Wildman–Crippen MR) is 49.5 cm³/mol. The Morgan fingerprint density at radius 3 is 2.18 bits per heavy atom. The van der Waals surface area contributed by atoms with Crippen molar-refractivity contribution in [3.63, 3.8) is 0 Å². The van der Waals surface area contributed by atoms with Crippen LogP contribution in [0.1, 0.15) is 40.5 Å². The Morgan fingerprint density at radius 1 is 1.45 bits per heavy atom. The van der Waals surface area contributed by atoms with E-state index in [0.29, 0.717) is 0 Å². The largest absolute Gasteiger partial charge is 0.393 e. The summed E-state index contributed by atoms with van der Waals surface area (Å²) >= 11 is 0. The highest BCUT2D eigenvalue weighted by atomic mass is 16.3. The van der Waals surface area contributed by atoms with Gasteiger partial charge in [-0.3, -0.25) is 0 Å². The summed E-state index contributed by atoms with van der Waals surface area (Å²) in [5.41, 5.74) is 1.27. The average Bonchev–Trinajstić information content (AvgIpc) is 1.53. The molecule has 1 atom stereocenters. The molecule has 1 heteroatoms. The zero-order chi connectivity index (χ0) is 9.07. The van der Waals surface area contributed by atoms with Crippen molar-refractivity contribution in [3.05, 3.63) is 12.2 Å². The van der Waals surface area contributed by atoms with Crippen LogP contribution in [0, 0.1) is 5.41 Å². The van der Waals surface area contributed by atoms with E-state index in [9.17, 15) is 5.11 Å². The van der Waals surface area contributed by atoms with Gasteiger partial charge in [0.2, 0.25) is 0 Å². The van der Waals surface area contributed by atoms with Crippen molar-refractivity contribution >= 4 is 0 Å². The minimum Gasteiger partial charge on any atom is -0.393 e. The minimum atomic E-state index is -0.215. The molecule has 0 aliphatic heterocycles. The Balaban J connectivity index is 3.69. The molecule has 1 N–H and O–H groups in total. The van der Waals surface area contributed by atoms with E-state index >= 15 is 0 Å². The Morgan fingerprint density at radius 2 is 1.91 bits per heavy atom. The fourth-order valence-electron chi connectivity index (χ4n) is 1.18. The third kappa shape index (κ3) is 7.60.